The fourth-order valence-corrected chi connectivity index (χ4v) is 18.3. The lowest BCUT2D eigenvalue weighted by atomic mass is 9.50. The van der Waals surface area contributed by atoms with Gasteiger partial charge in [-0.15, -0.1) is 5.92 Å². The number of amides is 1. The lowest BCUT2D eigenvalue weighted by molar-refractivity contribution is -0.193. The zero-order chi connectivity index (χ0) is 46.3. The number of phenolic OH excluding ortho intramolecular Hbond substituents is 1. The molecule has 4 saturated heterocycles. The van der Waals surface area contributed by atoms with Crippen LogP contribution in [0.25, 0.3) is 0 Å². The van der Waals surface area contributed by atoms with Crippen molar-refractivity contribution in [2.24, 2.45) is 57.2 Å². The molecule has 11 heteroatoms. The fourth-order valence-electron chi connectivity index (χ4n) is 18.3. The van der Waals surface area contributed by atoms with Crippen molar-refractivity contribution in [3.63, 3.8) is 0 Å². The minimum absolute atomic E-state index is 0.00393. The largest absolute Gasteiger partial charge is 0.504 e. The van der Waals surface area contributed by atoms with Crippen LogP contribution in [-0.2, 0) is 23.9 Å². The van der Waals surface area contributed by atoms with Gasteiger partial charge >= 0.3 is 11.9 Å². The molecule has 6 aliphatic carbocycles. The Morgan fingerprint density at radius 3 is 2.39 bits per heavy atom. The van der Waals surface area contributed by atoms with Crippen LogP contribution in [0.5, 0.6) is 11.5 Å². The van der Waals surface area contributed by atoms with Gasteiger partial charge in [0.15, 0.2) is 11.5 Å². The molecule has 3 spiro atoms. The van der Waals surface area contributed by atoms with Gasteiger partial charge in [-0.3, -0.25) is 9.59 Å². The van der Waals surface area contributed by atoms with Crippen LogP contribution in [0, 0.1) is 69.0 Å². The van der Waals surface area contributed by atoms with Gasteiger partial charge in [0.2, 0.25) is 5.91 Å². The zero-order valence-corrected chi connectivity index (χ0v) is 40.4. The number of hydrogen-bond donors (Lipinski definition) is 5. The number of fused-ring (bicyclic) bond motifs is 6. The zero-order valence-electron chi connectivity index (χ0n) is 40.4. The van der Waals surface area contributed by atoms with Crippen LogP contribution in [0.15, 0.2) is 12.1 Å². The van der Waals surface area contributed by atoms with Crippen LogP contribution in [0.4, 0.5) is 0 Å². The second kappa shape index (κ2) is 17.5. The maximum absolute atomic E-state index is 16.0. The number of piperidine rings is 2. The van der Waals surface area contributed by atoms with E-state index in [2.05, 4.69) is 28.5 Å². The van der Waals surface area contributed by atoms with Crippen LogP contribution in [0.3, 0.4) is 0 Å². The third kappa shape index (κ3) is 7.15. The number of benzene rings is 1. The van der Waals surface area contributed by atoms with Gasteiger partial charge in [-0.2, -0.15) is 0 Å². The number of aromatic hydroxyl groups is 1. The molecule has 0 aromatic heterocycles. The summed E-state index contributed by atoms with van der Waals surface area (Å²) >= 11 is 0. The summed E-state index contributed by atoms with van der Waals surface area (Å²) in [7, 11) is 0. The van der Waals surface area contributed by atoms with Gasteiger partial charge in [0.05, 0.1) is 18.1 Å². The lowest BCUT2D eigenvalue weighted by Crippen LogP contribution is -2.69. The second-order valence-electron chi connectivity index (χ2n) is 24.1. The summed E-state index contributed by atoms with van der Waals surface area (Å²) in [6, 6.07) is 3.91. The van der Waals surface area contributed by atoms with Crippen LogP contribution in [-0.4, -0.2) is 83.3 Å². The monoisotopic (exact) mass is 923 g/mol. The molecule has 366 valence electrons. The predicted molar refractivity (Wildman–Crippen MR) is 252 cm³/mol. The summed E-state index contributed by atoms with van der Waals surface area (Å²) < 4.78 is 21.1. The topological polar surface area (TPSA) is 164 Å². The highest BCUT2D eigenvalue weighted by Crippen LogP contribution is 2.66. The second-order valence-corrected chi connectivity index (χ2v) is 24.1. The van der Waals surface area contributed by atoms with Crippen molar-refractivity contribution in [3.05, 3.63) is 23.3 Å². The van der Waals surface area contributed by atoms with E-state index in [4.69, 9.17) is 14.2 Å². The number of aliphatic hydroxyl groups excluding tert-OH is 2. The SMILES string of the molecule is CC(=O)O[C@@H]1C[C@H](C2([C@H](C)O)CCCC2)CC#C[C@H]2C[C@@H]3c4c(ccc(O)c4OC[C@H]3C3(CO)CCCC3)[C@H]2C2(CCNCC2)[C@@H]2OC(=O)[C@]34CCCC[C@H]3C[C@@]3(CCC[C@H]3CC[C@@H]21)C(=O)N4. The number of rotatable bonds is 5. The van der Waals surface area contributed by atoms with Gasteiger partial charge in [0.1, 0.15) is 17.7 Å². The number of aliphatic hydroxyl groups is 2. The maximum atomic E-state index is 16.0. The Kier molecular flexibility index (Phi) is 12.0. The van der Waals surface area contributed by atoms with Gasteiger partial charge < -0.3 is 40.2 Å². The Bertz CT molecular complexity index is 2140. The fraction of sp³-hybridized carbons (Fsp3) is 0.804. The highest BCUT2D eigenvalue weighted by molar-refractivity contribution is 5.93. The molecule has 5 aliphatic heterocycles. The first-order chi connectivity index (χ1) is 32.4. The normalized spacial score (nSPS) is 40.8. The Balaban J connectivity index is 1.15. The van der Waals surface area contributed by atoms with Crippen molar-refractivity contribution >= 4 is 17.8 Å². The van der Waals surface area contributed by atoms with Crippen molar-refractivity contribution in [2.75, 3.05) is 26.3 Å². The van der Waals surface area contributed by atoms with Crippen LogP contribution >= 0.6 is 0 Å². The molecule has 0 unspecified atom stereocenters. The number of hydrogen-bond acceptors (Lipinski definition) is 10. The third-order valence-corrected chi connectivity index (χ3v) is 21.5. The van der Waals surface area contributed by atoms with E-state index in [1.165, 1.54) is 6.92 Å². The molecule has 8 fully saturated rings. The van der Waals surface area contributed by atoms with Gasteiger partial charge in [-0.25, -0.2) is 4.79 Å². The van der Waals surface area contributed by atoms with Gasteiger partial charge in [0.25, 0.3) is 0 Å². The molecule has 5 heterocycles. The van der Waals surface area contributed by atoms with E-state index in [9.17, 15) is 24.9 Å². The Morgan fingerprint density at radius 2 is 1.64 bits per heavy atom. The average Bonchev–Trinajstić information content (AvgIpc) is 4.11. The third-order valence-electron chi connectivity index (χ3n) is 21.5. The molecular formula is C56H78N2O9. The minimum Gasteiger partial charge on any atom is -0.504 e. The first-order valence-electron chi connectivity index (χ1n) is 27.1. The summed E-state index contributed by atoms with van der Waals surface area (Å²) in [5.74, 6) is 7.16. The quantitative estimate of drug-likeness (QED) is 0.143. The van der Waals surface area contributed by atoms with E-state index in [-0.39, 0.29) is 77.0 Å². The Labute approximate surface area is 398 Å². The number of esters is 2. The van der Waals surface area contributed by atoms with E-state index >= 15 is 4.79 Å². The molecule has 1 aromatic carbocycles. The molecule has 1 aromatic rings. The van der Waals surface area contributed by atoms with Crippen molar-refractivity contribution in [1.29, 1.82) is 0 Å². The van der Waals surface area contributed by atoms with Crippen molar-refractivity contribution < 1.29 is 43.9 Å². The highest BCUT2D eigenvalue weighted by atomic mass is 16.6. The van der Waals surface area contributed by atoms with Crippen LogP contribution < -0.4 is 15.4 Å². The summed E-state index contributed by atoms with van der Waals surface area (Å²) in [6.07, 6.45) is 17.3. The number of carbonyl (C=O) groups is 3. The smallest absolute Gasteiger partial charge is 0.332 e. The summed E-state index contributed by atoms with van der Waals surface area (Å²) in [6.45, 7) is 5.38. The molecule has 1 amide bonds. The molecule has 11 aliphatic rings. The van der Waals surface area contributed by atoms with Crippen molar-refractivity contribution in [3.8, 4) is 23.3 Å². The lowest BCUT2D eigenvalue weighted by Gasteiger charge is -2.57. The molecule has 13 atom stereocenters. The van der Waals surface area contributed by atoms with E-state index in [0.29, 0.717) is 70.4 Å². The average molecular weight is 923 g/mol. The minimum atomic E-state index is -1.13. The molecule has 4 saturated carbocycles. The van der Waals surface area contributed by atoms with Gasteiger partial charge in [-0.05, 0) is 157 Å². The first kappa shape index (κ1) is 46.1. The molecule has 0 radical (unpaired) electrons. The molecule has 11 nitrogen and oxygen atoms in total. The van der Waals surface area contributed by atoms with Gasteiger partial charge in [-0.1, -0.05) is 56.9 Å². The number of nitrogens with one attached hydrogen (secondary N) is 2. The number of ether oxygens (including phenoxy) is 3. The van der Waals surface area contributed by atoms with E-state index < -0.39 is 46.0 Å². The maximum Gasteiger partial charge on any atom is 0.332 e. The summed E-state index contributed by atoms with van der Waals surface area (Å²) in [4.78, 5) is 44.6. The molecular weight excluding hydrogens is 845 g/mol. The molecule has 67 heavy (non-hydrogen) atoms. The Morgan fingerprint density at radius 1 is 0.896 bits per heavy atom. The molecule has 12 rings (SSSR count). The van der Waals surface area contributed by atoms with E-state index in [0.717, 1.165) is 114 Å². The Hall–Kier alpha value is -3.33. The molecule has 2 bridgehead atoms. The standard InChI is InChI=1S/C56H78N2O9/c1-34(60)53(21-7-8-22-53)38-13-9-11-36-29-42-43(52(33-59)19-5-6-20-52)32-65-48-44(62)18-17-41(46(42)48)47(36)54(25-27-57-28-26-54)49-40(45(30-38)66-35(2)61)16-15-37-14-10-23-55(37)31-39-12-3-4-24-56(39,51(64)67-49)58-50(55)63/h17-18,34,36-40,42-43,45,47,49,57,59-60,62H,3-8,10,12-16,19-33H2,1-2H3,(H,58,63)/t34-,36-,37-,38+,39-,40+,42-,43+,45+,47-,49+,55+,56-/m0/s1. The van der Waals surface area contributed by atoms with E-state index in [1.807, 2.05) is 6.92 Å². The summed E-state index contributed by atoms with van der Waals surface area (Å²) in [5, 5.41) is 42.1. The number of phenols is 1. The van der Waals surface area contributed by atoms with Crippen molar-refractivity contribution in [1.82, 2.24) is 10.6 Å². The highest BCUT2D eigenvalue weighted by Gasteiger charge is 2.66. The van der Waals surface area contributed by atoms with Crippen LogP contribution in [0.2, 0.25) is 0 Å². The van der Waals surface area contributed by atoms with Crippen molar-refractivity contribution in [2.45, 2.75) is 197 Å². The van der Waals surface area contributed by atoms with Crippen LogP contribution in [0.1, 0.15) is 184 Å². The summed E-state index contributed by atoms with van der Waals surface area (Å²) in [5.41, 5.74) is -0.907. The number of carbonyl (C=O) groups excluding carboxylic acids is 3. The first-order valence-corrected chi connectivity index (χ1v) is 27.1. The van der Waals surface area contributed by atoms with E-state index in [1.54, 1.807) is 6.07 Å². The van der Waals surface area contributed by atoms with Gasteiger partial charge in [0, 0.05) is 60.0 Å². The predicted octanol–water partition coefficient (Wildman–Crippen LogP) is 8.35. The molecule has 5 N–H and O–H groups in total.